The number of hydrogen-bond acceptors (Lipinski definition) is 4. The van der Waals surface area contributed by atoms with Crippen LogP contribution in [0.4, 0.5) is 0 Å². The Bertz CT molecular complexity index is 643. The largest absolute Gasteiger partial charge is 0.375 e. The zero-order chi connectivity index (χ0) is 20.4. The molecule has 1 aliphatic carbocycles. The average Bonchev–Trinajstić information content (AvgIpc) is 2.90. The molecule has 1 aliphatic heterocycles. The van der Waals surface area contributed by atoms with Crippen molar-refractivity contribution >= 4 is 24.1 Å². The quantitative estimate of drug-likeness (QED) is 0.240. The molecule has 2 aliphatic rings. The number of nitrogens with zero attached hydrogens (tertiary/aromatic N) is 1. The predicted molar refractivity (Wildman–Crippen MR) is 117 cm³/mol. The third-order valence-electron chi connectivity index (χ3n) is 5.57. The molecule has 1 saturated heterocycles. The summed E-state index contributed by atoms with van der Waals surface area (Å²) in [4.78, 5) is 13.4. The van der Waals surface area contributed by atoms with E-state index in [4.69, 9.17) is 21.7 Å². The number of hydrogen-bond donors (Lipinski definition) is 1. The summed E-state index contributed by atoms with van der Waals surface area (Å²) in [5, 5.41) is 6.98. The lowest BCUT2D eigenvalue weighted by molar-refractivity contribution is -0.104. The van der Waals surface area contributed by atoms with Crippen molar-refractivity contribution in [3.63, 3.8) is 0 Å². The van der Waals surface area contributed by atoms with Crippen LogP contribution in [0.5, 0.6) is 0 Å². The molecule has 2 atom stereocenters. The molecular formula is C23H33ClN2O2. The molecule has 0 aromatic rings. The molecule has 0 spiro atoms. The fourth-order valence-electron chi connectivity index (χ4n) is 3.68. The van der Waals surface area contributed by atoms with Crippen LogP contribution in [0.25, 0.3) is 0 Å². The maximum atomic E-state index is 11.0. The van der Waals surface area contributed by atoms with Crippen molar-refractivity contribution in [3.8, 4) is 0 Å². The molecule has 5 heteroatoms. The molecule has 154 valence electrons. The highest BCUT2D eigenvalue weighted by molar-refractivity contribution is 6.27. The highest BCUT2D eigenvalue weighted by atomic mass is 35.5. The van der Waals surface area contributed by atoms with Gasteiger partial charge in [0.2, 0.25) is 0 Å². The van der Waals surface area contributed by atoms with Gasteiger partial charge in [-0.15, -0.1) is 11.6 Å². The van der Waals surface area contributed by atoms with Crippen LogP contribution >= 0.6 is 11.6 Å². The molecule has 0 radical (unpaired) electrons. The standard InChI is InChI=1S/C23H33ClN2O2/c1-18-15-23(7-3-6-21(18)17-27)28-14-4-5-20-10-12-26(13-11-20)19(2)8-9-22(24)16-25/h3,6-8,15-17,20,22-23,25H,4-5,9-14H2,1-2H3/b19-8+,25-16?. The molecule has 4 nitrogen and oxygen atoms in total. The summed E-state index contributed by atoms with van der Waals surface area (Å²) in [6, 6.07) is 0. The lowest BCUT2D eigenvalue weighted by Crippen LogP contribution is -2.32. The Hall–Kier alpha value is -1.65. The van der Waals surface area contributed by atoms with E-state index >= 15 is 0 Å². The predicted octanol–water partition coefficient (Wildman–Crippen LogP) is 5.06. The van der Waals surface area contributed by atoms with Crippen molar-refractivity contribution in [1.29, 1.82) is 5.41 Å². The number of likely N-dealkylation sites (tertiary alicyclic amines) is 1. The molecule has 1 N–H and O–H groups in total. The van der Waals surface area contributed by atoms with E-state index in [-0.39, 0.29) is 11.5 Å². The summed E-state index contributed by atoms with van der Waals surface area (Å²) in [5.74, 6) is 0.764. The van der Waals surface area contributed by atoms with Gasteiger partial charge in [0.1, 0.15) is 6.29 Å². The Morgan fingerprint density at radius 2 is 2.18 bits per heavy atom. The summed E-state index contributed by atoms with van der Waals surface area (Å²) < 4.78 is 5.98. The Kier molecular flexibility index (Phi) is 9.72. The van der Waals surface area contributed by atoms with Gasteiger partial charge in [-0.3, -0.25) is 4.79 Å². The molecule has 2 unspecified atom stereocenters. The van der Waals surface area contributed by atoms with Crippen molar-refractivity contribution in [3.05, 3.63) is 47.2 Å². The average molecular weight is 405 g/mol. The van der Waals surface area contributed by atoms with E-state index in [9.17, 15) is 4.79 Å². The monoisotopic (exact) mass is 404 g/mol. The van der Waals surface area contributed by atoms with Crippen molar-refractivity contribution in [2.75, 3.05) is 19.7 Å². The van der Waals surface area contributed by atoms with Crippen LogP contribution in [0.2, 0.25) is 0 Å². The number of halogens is 1. The first-order chi connectivity index (χ1) is 13.5. The Balaban J connectivity index is 1.65. The fraction of sp³-hybridized carbons (Fsp3) is 0.565. The molecule has 1 heterocycles. The van der Waals surface area contributed by atoms with E-state index in [1.54, 1.807) is 0 Å². The van der Waals surface area contributed by atoms with E-state index in [1.807, 2.05) is 31.2 Å². The number of aldehydes is 1. The number of alkyl halides is 1. The summed E-state index contributed by atoms with van der Waals surface area (Å²) in [6.07, 6.45) is 17.5. The van der Waals surface area contributed by atoms with Gasteiger partial charge >= 0.3 is 0 Å². The molecule has 0 aromatic carbocycles. The van der Waals surface area contributed by atoms with E-state index in [0.717, 1.165) is 55.9 Å². The lowest BCUT2D eigenvalue weighted by Gasteiger charge is -2.34. The van der Waals surface area contributed by atoms with Gasteiger partial charge in [-0.1, -0.05) is 24.3 Å². The molecule has 1 fully saturated rings. The second-order valence-corrected chi connectivity index (χ2v) is 8.21. The van der Waals surface area contributed by atoms with Crippen molar-refractivity contribution < 1.29 is 9.53 Å². The van der Waals surface area contributed by atoms with Gasteiger partial charge in [0.05, 0.1) is 11.5 Å². The number of piperidine rings is 1. The number of ether oxygens (including phenoxy) is 1. The van der Waals surface area contributed by atoms with Gasteiger partial charge in [0.25, 0.3) is 0 Å². The van der Waals surface area contributed by atoms with Gasteiger partial charge < -0.3 is 15.0 Å². The third kappa shape index (κ3) is 7.40. The Morgan fingerprint density at radius 1 is 1.43 bits per heavy atom. The normalized spacial score (nSPS) is 22.3. The number of rotatable bonds is 10. The SMILES string of the molecule is CC1=CC(OCCCC2CCN(/C(C)=C/CC(Cl)C=N)CC2)C=CC=C1C=O. The van der Waals surface area contributed by atoms with Gasteiger partial charge in [0, 0.05) is 37.2 Å². The van der Waals surface area contributed by atoms with Crippen LogP contribution in [0.3, 0.4) is 0 Å². The van der Waals surface area contributed by atoms with Gasteiger partial charge in [-0.25, -0.2) is 0 Å². The third-order valence-corrected chi connectivity index (χ3v) is 5.88. The van der Waals surface area contributed by atoms with Crippen LogP contribution in [0.1, 0.15) is 46.0 Å². The topological polar surface area (TPSA) is 53.4 Å². The second-order valence-electron chi connectivity index (χ2n) is 7.65. The first-order valence-electron chi connectivity index (χ1n) is 10.2. The zero-order valence-electron chi connectivity index (χ0n) is 17.1. The van der Waals surface area contributed by atoms with Gasteiger partial charge in [-0.05, 0) is 63.5 Å². The summed E-state index contributed by atoms with van der Waals surface area (Å²) >= 11 is 5.99. The highest BCUT2D eigenvalue weighted by Crippen LogP contribution is 2.25. The van der Waals surface area contributed by atoms with Gasteiger partial charge in [-0.2, -0.15) is 0 Å². The van der Waals surface area contributed by atoms with Crippen LogP contribution in [-0.4, -0.2) is 48.6 Å². The summed E-state index contributed by atoms with van der Waals surface area (Å²) in [6.45, 7) is 7.03. The molecule has 28 heavy (non-hydrogen) atoms. The van der Waals surface area contributed by atoms with Crippen LogP contribution < -0.4 is 0 Å². The first kappa shape index (κ1) is 22.6. The highest BCUT2D eigenvalue weighted by Gasteiger charge is 2.19. The van der Waals surface area contributed by atoms with Crippen molar-refractivity contribution in [2.24, 2.45) is 5.92 Å². The Morgan fingerprint density at radius 3 is 2.86 bits per heavy atom. The van der Waals surface area contributed by atoms with Crippen LogP contribution in [0.15, 0.2) is 47.2 Å². The molecular weight excluding hydrogens is 372 g/mol. The minimum Gasteiger partial charge on any atom is -0.375 e. The van der Waals surface area contributed by atoms with E-state index < -0.39 is 0 Å². The van der Waals surface area contributed by atoms with Crippen molar-refractivity contribution in [2.45, 2.75) is 57.4 Å². The van der Waals surface area contributed by atoms with Gasteiger partial charge in [0.15, 0.2) is 0 Å². The van der Waals surface area contributed by atoms with Crippen LogP contribution in [-0.2, 0) is 9.53 Å². The second kappa shape index (κ2) is 12.0. The first-order valence-corrected chi connectivity index (χ1v) is 10.7. The molecule has 0 bridgehead atoms. The summed E-state index contributed by atoms with van der Waals surface area (Å²) in [5.41, 5.74) is 2.97. The minimum absolute atomic E-state index is 0.0462. The Labute approximate surface area is 174 Å². The zero-order valence-corrected chi connectivity index (χ0v) is 17.8. The van der Waals surface area contributed by atoms with E-state index in [2.05, 4.69) is 17.9 Å². The lowest BCUT2D eigenvalue weighted by atomic mass is 9.92. The smallest absolute Gasteiger partial charge is 0.150 e. The molecule has 0 amide bonds. The van der Waals surface area contributed by atoms with Crippen molar-refractivity contribution in [1.82, 2.24) is 4.90 Å². The number of carbonyl (C=O) groups is 1. The minimum atomic E-state index is -0.199. The maximum Gasteiger partial charge on any atom is 0.150 e. The number of carbonyl (C=O) groups excluding carboxylic acids is 1. The number of allylic oxidation sites excluding steroid dienone is 6. The van der Waals surface area contributed by atoms with E-state index in [0.29, 0.717) is 0 Å². The number of nitrogens with one attached hydrogen (secondary N) is 1. The summed E-state index contributed by atoms with van der Waals surface area (Å²) in [7, 11) is 0. The molecule has 2 rings (SSSR count). The maximum absolute atomic E-state index is 11.0. The van der Waals surface area contributed by atoms with Crippen LogP contribution in [0, 0.1) is 11.3 Å². The molecule has 0 aromatic heterocycles. The van der Waals surface area contributed by atoms with E-state index in [1.165, 1.54) is 31.2 Å². The molecule has 0 saturated carbocycles. The fourth-order valence-corrected chi connectivity index (χ4v) is 3.77.